The number of rotatable bonds is 3. The van der Waals surface area contributed by atoms with Gasteiger partial charge in [-0.25, -0.2) is 4.98 Å². The van der Waals surface area contributed by atoms with Gasteiger partial charge in [-0.2, -0.15) is 5.26 Å². The fourth-order valence-corrected chi connectivity index (χ4v) is 0.961. The smallest absolute Gasteiger partial charge is 0.129 e. The number of hydrogen-bond acceptors (Lipinski definition) is 4. The highest BCUT2D eigenvalue weighted by atomic mass is 16.3. The van der Waals surface area contributed by atoms with Crippen molar-refractivity contribution >= 4 is 5.82 Å². The molecule has 0 atom stereocenters. The van der Waals surface area contributed by atoms with Crippen molar-refractivity contribution in [2.75, 3.05) is 25.1 Å². The summed E-state index contributed by atoms with van der Waals surface area (Å²) in [5, 5.41) is 17.3. The highest BCUT2D eigenvalue weighted by Crippen LogP contribution is 2.09. The van der Waals surface area contributed by atoms with E-state index in [1.165, 1.54) is 0 Å². The van der Waals surface area contributed by atoms with E-state index in [2.05, 4.69) is 4.98 Å². The van der Waals surface area contributed by atoms with E-state index in [0.29, 0.717) is 17.9 Å². The van der Waals surface area contributed by atoms with Crippen molar-refractivity contribution < 1.29 is 5.11 Å². The fraction of sp³-hybridized carbons (Fsp3) is 0.333. The molecule has 0 aliphatic carbocycles. The van der Waals surface area contributed by atoms with E-state index in [-0.39, 0.29) is 6.61 Å². The van der Waals surface area contributed by atoms with E-state index in [4.69, 9.17) is 10.4 Å². The number of nitrogens with zero attached hydrogens (tertiary/aromatic N) is 3. The molecule has 0 bridgehead atoms. The molecule has 1 N–H and O–H groups in total. The van der Waals surface area contributed by atoms with Gasteiger partial charge in [0.05, 0.1) is 18.2 Å². The topological polar surface area (TPSA) is 60.1 Å². The van der Waals surface area contributed by atoms with Crippen LogP contribution in [0.1, 0.15) is 5.56 Å². The van der Waals surface area contributed by atoms with Crippen molar-refractivity contribution in [2.45, 2.75) is 0 Å². The van der Waals surface area contributed by atoms with E-state index < -0.39 is 0 Å². The first-order chi connectivity index (χ1) is 6.27. The number of nitriles is 1. The number of pyridine rings is 1. The quantitative estimate of drug-likeness (QED) is 0.725. The summed E-state index contributed by atoms with van der Waals surface area (Å²) in [7, 11) is 1.82. The molecule has 0 aliphatic heterocycles. The average Bonchev–Trinajstić information content (AvgIpc) is 2.18. The Hall–Kier alpha value is -1.60. The Labute approximate surface area is 77.1 Å². The minimum absolute atomic E-state index is 0.0783. The van der Waals surface area contributed by atoms with Gasteiger partial charge in [0.15, 0.2) is 0 Å². The predicted molar refractivity (Wildman–Crippen MR) is 49.3 cm³/mol. The van der Waals surface area contributed by atoms with Gasteiger partial charge in [-0.1, -0.05) is 0 Å². The van der Waals surface area contributed by atoms with E-state index in [1.54, 1.807) is 23.2 Å². The third-order valence-corrected chi connectivity index (χ3v) is 1.70. The van der Waals surface area contributed by atoms with E-state index in [0.717, 1.165) is 0 Å². The van der Waals surface area contributed by atoms with Crippen LogP contribution in [0.5, 0.6) is 0 Å². The van der Waals surface area contributed by atoms with Gasteiger partial charge in [0.2, 0.25) is 0 Å². The van der Waals surface area contributed by atoms with Crippen molar-refractivity contribution in [3.63, 3.8) is 0 Å². The molecule has 4 nitrogen and oxygen atoms in total. The van der Waals surface area contributed by atoms with Crippen LogP contribution in [-0.2, 0) is 0 Å². The summed E-state index contributed by atoms with van der Waals surface area (Å²) in [6, 6.07) is 5.37. The summed E-state index contributed by atoms with van der Waals surface area (Å²) in [6.07, 6.45) is 1.59. The molecule has 0 unspecified atom stereocenters. The number of likely N-dealkylation sites (N-methyl/N-ethyl adjacent to an activating group) is 1. The molecule has 1 heterocycles. The molecule has 0 amide bonds. The summed E-state index contributed by atoms with van der Waals surface area (Å²) in [6.45, 7) is 0.594. The Balaban J connectivity index is 2.83. The zero-order valence-electron chi connectivity index (χ0n) is 7.44. The Kier molecular flexibility index (Phi) is 3.23. The Morgan fingerprint density at radius 1 is 1.69 bits per heavy atom. The number of hydrogen-bond donors (Lipinski definition) is 1. The number of aromatic nitrogens is 1. The first-order valence-corrected chi connectivity index (χ1v) is 3.96. The van der Waals surface area contributed by atoms with E-state index in [1.807, 2.05) is 13.1 Å². The molecular weight excluding hydrogens is 166 g/mol. The molecule has 0 fully saturated rings. The zero-order valence-corrected chi connectivity index (χ0v) is 7.44. The van der Waals surface area contributed by atoms with Crippen LogP contribution in [0.2, 0.25) is 0 Å². The first kappa shape index (κ1) is 9.49. The Morgan fingerprint density at radius 2 is 2.46 bits per heavy atom. The maximum atomic E-state index is 8.69. The van der Waals surface area contributed by atoms with Gasteiger partial charge < -0.3 is 10.0 Å². The second kappa shape index (κ2) is 4.43. The van der Waals surface area contributed by atoms with Crippen LogP contribution in [0.4, 0.5) is 5.82 Å². The van der Waals surface area contributed by atoms with Crippen molar-refractivity contribution in [1.82, 2.24) is 4.98 Å². The molecule has 1 aromatic heterocycles. The van der Waals surface area contributed by atoms with Gasteiger partial charge in [-0.15, -0.1) is 0 Å². The molecule has 0 saturated carbocycles. The monoisotopic (exact) mass is 177 g/mol. The highest BCUT2D eigenvalue weighted by molar-refractivity contribution is 5.44. The van der Waals surface area contributed by atoms with E-state index >= 15 is 0 Å². The minimum Gasteiger partial charge on any atom is -0.395 e. The maximum Gasteiger partial charge on any atom is 0.129 e. The molecule has 13 heavy (non-hydrogen) atoms. The van der Waals surface area contributed by atoms with Crippen LogP contribution in [0.3, 0.4) is 0 Å². The summed E-state index contributed by atoms with van der Waals surface area (Å²) in [4.78, 5) is 5.86. The molecule has 0 aliphatic rings. The van der Waals surface area contributed by atoms with Gasteiger partial charge in [0.1, 0.15) is 5.82 Å². The van der Waals surface area contributed by atoms with Crippen molar-refractivity contribution in [2.24, 2.45) is 0 Å². The lowest BCUT2D eigenvalue weighted by molar-refractivity contribution is 0.304. The third-order valence-electron chi connectivity index (χ3n) is 1.70. The lowest BCUT2D eigenvalue weighted by Crippen LogP contribution is -2.22. The summed E-state index contributed by atoms with van der Waals surface area (Å²) < 4.78 is 0. The van der Waals surface area contributed by atoms with Crippen LogP contribution < -0.4 is 4.90 Å². The molecule has 0 aromatic carbocycles. The molecule has 1 aromatic rings. The van der Waals surface area contributed by atoms with Crippen LogP contribution >= 0.6 is 0 Å². The molecule has 0 saturated heterocycles. The molecule has 68 valence electrons. The average molecular weight is 177 g/mol. The largest absolute Gasteiger partial charge is 0.395 e. The maximum absolute atomic E-state index is 8.69. The van der Waals surface area contributed by atoms with E-state index in [9.17, 15) is 0 Å². The summed E-state index contributed by atoms with van der Waals surface area (Å²) in [5.74, 6) is 0.702. The summed E-state index contributed by atoms with van der Waals surface area (Å²) >= 11 is 0. The van der Waals surface area contributed by atoms with Crippen molar-refractivity contribution in [1.29, 1.82) is 5.26 Å². The van der Waals surface area contributed by atoms with Gasteiger partial charge in [0.25, 0.3) is 0 Å². The fourth-order valence-electron chi connectivity index (χ4n) is 0.961. The van der Waals surface area contributed by atoms with Gasteiger partial charge in [0, 0.05) is 19.8 Å². The zero-order chi connectivity index (χ0) is 9.68. The molecular formula is C9H11N3O. The minimum atomic E-state index is 0.0783. The Morgan fingerprint density at radius 3 is 3.08 bits per heavy atom. The van der Waals surface area contributed by atoms with Crippen LogP contribution in [0, 0.1) is 11.3 Å². The second-order valence-electron chi connectivity index (χ2n) is 2.66. The van der Waals surface area contributed by atoms with Crippen LogP contribution in [0.25, 0.3) is 0 Å². The Bertz CT molecular complexity index is 319. The normalized spacial score (nSPS) is 9.31. The standard InChI is InChI=1S/C9H11N3O/c1-12(4-5-13)9-6-8(7-10)2-3-11-9/h2-3,6,13H,4-5H2,1H3. The number of aliphatic hydroxyl groups is 1. The SMILES string of the molecule is CN(CCO)c1cc(C#N)ccn1. The number of aliphatic hydroxyl groups excluding tert-OH is 1. The highest BCUT2D eigenvalue weighted by Gasteiger charge is 2.01. The van der Waals surface area contributed by atoms with Gasteiger partial charge in [-0.05, 0) is 12.1 Å². The second-order valence-corrected chi connectivity index (χ2v) is 2.66. The van der Waals surface area contributed by atoms with Crippen molar-refractivity contribution in [3.8, 4) is 6.07 Å². The van der Waals surface area contributed by atoms with Crippen LogP contribution in [0.15, 0.2) is 18.3 Å². The number of anilines is 1. The molecule has 1 rings (SSSR count). The third kappa shape index (κ3) is 2.42. The summed E-state index contributed by atoms with van der Waals surface area (Å²) in [5.41, 5.74) is 0.579. The molecule has 0 radical (unpaired) electrons. The van der Waals surface area contributed by atoms with Gasteiger partial charge in [-0.3, -0.25) is 0 Å². The molecule has 0 spiro atoms. The molecule has 4 heteroatoms. The lowest BCUT2D eigenvalue weighted by atomic mass is 10.3. The van der Waals surface area contributed by atoms with Gasteiger partial charge >= 0.3 is 0 Å². The first-order valence-electron chi connectivity index (χ1n) is 3.96. The van der Waals surface area contributed by atoms with Crippen molar-refractivity contribution in [3.05, 3.63) is 23.9 Å². The lowest BCUT2D eigenvalue weighted by Gasteiger charge is -2.16. The van der Waals surface area contributed by atoms with Crippen LogP contribution in [-0.4, -0.2) is 30.3 Å². The predicted octanol–water partition coefficient (Wildman–Crippen LogP) is 0.382.